The van der Waals surface area contributed by atoms with Gasteiger partial charge in [0.05, 0.1) is 17.8 Å². The van der Waals surface area contributed by atoms with Crippen LogP contribution >= 0.6 is 39.5 Å². The molecule has 1 aromatic carbocycles. The molecule has 3 aromatic rings. The zero-order chi connectivity index (χ0) is 22.0. The summed E-state index contributed by atoms with van der Waals surface area (Å²) in [5.74, 6) is -0.187. The van der Waals surface area contributed by atoms with Crippen LogP contribution in [-0.2, 0) is 9.53 Å². The first-order valence-corrected chi connectivity index (χ1v) is 11.7. The molecule has 0 bridgehead atoms. The molecular weight excluding hydrogens is 496 g/mol. The highest BCUT2D eigenvalue weighted by atomic mass is 79.9. The number of aryl methyl sites for hydroxylation is 1. The molecule has 160 valence electrons. The second kappa shape index (κ2) is 9.44. The van der Waals surface area contributed by atoms with Crippen LogP contribution < -0.4 is 15.5 Å². The summed E-state index contributed by atoms with van der Waals surface area (Å²) in [4.78, 5) is 19.8. The lowest BCUT2D eigenvalue weighted by molar-refractivity contribution is -0.119. The number of amides is 1. The number of carbonyl (C=O) groups is 1. The predicted octanol–water partition coefficient (Wildman–Crippen LogP) is 4.98. The van der Waals surface area contributed by atoms with E-state index in [-0.39, 0.29) is 24.6 Å². The molecule has 1 saturated heterocycles. The van der Waals surface area contributed by atoms with Gasteiger partial charge in [-0.05, 0) is 77.0 Å². The molecule has 0 radical (unpaired) electrons. The number of thiocarbonyl (C=S) groups is 1. The van der Waals surface area contributed by atoms with Crippen LogP contribution in [0.15, 0.2) is 58.5 Å². The zero-order valence-electron chi connectivity index (χ0n) is 17.0. The average molecular weight is 517 g/mol. The van der Waals surface area contributed by atoms with Gasteiger partial charge in [0.2, 0.25) is 5.91 Å². The number of hydrogen-bond acceptors (Lipinski definition) is 5. The number of thiophene rings is 1. The van der Waals surface area contributed by atoms with Gasteiger partial charge in [0.25, 0.3) is 0 Å². The molecule has 31 heavy (non-hydrogen) atoms. The first-order valence-electron chi connectivity index (χ1n) is 9.62. The Bertz CT molecular complexity index is 1110. The highest BCUT2D eigenvalue weighted by Crippen LogP contribution is 2.44. The molecule has 1 fully saturated rings. The molecular formula is C22H21BrN4O2S2. The number of benzene rings is 1. The van der Waals surface area contributed by atoms with Gasteiger partial charge in [0, 0.05) is 39.4 Å². The smallest absolute Gasteiger partial charge is 0.250 e. The Morgan fingerprint density at radius 3 is 2.84 bits per heavy atom. The molecule has 2 N–H and O–H groups in total. The first kappa shape index (κ1) is 21.9. The highest BCUT2D eigenvalue weighted by molar-refractivity contribution is 9.10. The molecule has 4 rings (SSSR count). The summed E-state index contributed by atoms with van der Waals surface area (Å²) in [6.45, 7) is 1.98. The van der Waals surface area contributed by atoms with E-state index in [4.69, 9.17) is 17.0 Å². The van der Waals surface area contributed by atoms with Crippen molar-refractivity contribution in [3.05, 3.63) is 74.6 Å². The number of halogens is 1. The number of methoxy groups -OCH3 is 1. The van der Waals surface area contributed by atoms with Crippen molar-refractivity contribution in [1.82, 2.24) is 10.3 Å². The Balaban J connectivity index is 1.71. The van der Waals surface area contributed by atoms with Gasteiger partial charge in [-0.3, -0.25) is 9.78 Å². The van der Waals surface area contributed by atoms with Crippen molar-refractivity contribution >= 4 is 61.9 Å². The maximum Gasteiger partial charge on any atom is 0.250 e. The second-order valence-corrected chi connectivity index (χ2v) is 9.39. The number of carbonyl (C=O) groups excluding carboxylic acids is 1. The number of anilines is 2. The van der Waals surface area contributed by atoms with Crippen molar-refractivity contribution in [2.24, 2.45) is 0 Å². The Hall–Kier alpha value is -2.33. The van der Waals surface area contributed by atoms with E-state index < -0.39 is 0 Å². The monoisotopic (exact) mass is 516 g/mol. The van der Waals surface area contributed by atoms with Crippen LogP contribution in [0.3, 0.4) is 0 Å². The van der Waals surface area contributed by atoms with Gasteiger partial charge in [-0.15, -0.1) is 11.3 Å². The summed E-state index contributed by atoms with van der Waals surface area (Å²) in [7, 11) is 1.50. The maximum atomic E-state index is 11.9. The van der Waals surface area contributed by atoms with Crippen LogP contribution in [0.4, 0.5) is 11.4 Å². The summed E-state index contributed by atoms with van der Waals surface area (Å²) in [5, 5.41) is 9.05. The molecule has 2 aromatic heterocycles. The molecule has 0 unspecified atom stereocenters. The van der Waals surface area contributed by atoms with E-state index in [1.807, 2.05) is 43.3 Å². The van der Waals surface area contributed by atoms with Gasteiger partial charge in [-0.2, -0.15) is 0 Å². The van der Waals surface area contributed by atoms with Crippen molar-refractivity contribution < 1.29 is 9.53 Å². The molecule has 1 aliphatic rings. The fourth-order valence-corrected chi connectivity index (χ4v) is 5.58. The van der Waals surface area contributed by atoms with Gasteiger partial charge in [-0.1, -0.05) is 6.07 Å². The Kier molecular flexibility index (Phi) is 6.66. The SMILES string of the molecule is COCC(=O)Nc1ccc(N2C(=S)N[C@H](c3ccccn3)[C@H]2c2cc(Br)cs2)cc1C. The van der Waals surface area contributed by atoms with Crippen molar-refractivity contribution in [2.45, 2.75) is 19.0 Å². The zero-order valence-corrected chi connectivity index (χ0v) is 20.2. The normalized spacial score (nSPS) is 18.2. The Morgan fingerprint density at radius 1 is 1.35 bits per heavy atom. The van der Waals surface area contributed by atoms with Gasteiger partial charge in [0.15, 0.2) is 5.11 Å². The standard InChI is InChI=1S/C22H21BrN4O2S2/c1-13-9-15(6-7-16(13)25-19(28)11-29-2)27-21(18-10-14(23)12-31-18)20(26-22(27)30)17-5-3-4-8-24-17/h3-10,12,20-21H,11H2,1-2H3,(H,25,28)(H,26,30)/t20-,21-/m1/s1. The van der Waals surface area contributed by atoms with Gasteiger partial charge in [-0.25, -0.2) is 0 Å². The van der Waals surface area contributed by atoms with Crippen LogP contribution in [0.1, 0.15) is 28.2 Å². The fraction of sp³-hybridized carbons (Fsp3) is 0.227. The third-order valence-electron chi connectivity index (χ3n) is 5.02. The van der Waals surface area contributed by atoms with Crippen molar-refractivity contribution in [2.75, 3.05) is 23.9 Å². The lowest BCUT2D eigenvalue weighted by Gasteiger charge is -2.27. The molecule has 3 heterocycles. The first-order chi connectivity index (χ1) is 15.0. The van der Waals surface area contributed by atoms with E-state index in [9.17, 15) is 4.79 Å². The van der Waals surface area contributed by atoms with Crippen LogP contribution in [0, 0.1) is 6.92 Å². The third-order valence-corrected chi connectivity index (χ3v) is 7.09. The summed E-state index contributed by atoms with van der Waals surface area (Å²) in [6.07, 6.45) is 1.80. The molecule has 1 aliphatic heterocycles. The lowest BCUT2D eigenvalue weighted by atomic mass is 10.0. The van der Waals surface area contributed by atoms with Gasteiger partial charge in [0.1, 0.15) is 6.61 Å². The number of hydrogen-bond donors (Lipinski definition) is 2. The van der Waals surface area contributed by atoms with E-state index in [2.05, 4.69) is 47.9 Å². The number of aromatic nitrogens is 1. The minimum Gasteiger partial charge on any atom is -0.375 e. The van der Waals surface area contributed by atoms with E-state index in [0.29, 0.717) is 5.11 Å². The largest absolute Gasteiger partial charge is 0.375 e. The molecule has 2 atom stereocenters. The molecule has 9 heteroatoms. The minimum absolute atomic E-state index is 0.0163. The molecule has 6 nitrogen and oxygen atoms in total. The van der Waals surface area contributed by atoms with Crippen molar-refractivity contribution in [1.29, 1.82) is 0 Å². The summed E-state index contributed by atoms with van der Waals surface area (Å²) in [6, 6.07) is 13.8. The lowest BCUT2D eigenvalue weighted by Crippen LogP contribution is -2.29. The maximum absolute atomic E-state index is 11.9. The van der Waals surface area contributed by atoms with Crippen molar-refractivity contribution in [3.8, 4) is 0 Å². The molecule has 1 amide bonds. The van der Waals surface area contributed by atoms with Gasteiger partial charge >= 0.3 is 0 Å². The number of nitrogens with zero attached hydrogens (tertiary/aromatic N) is 2. The van der Waals surface area contributed by atoms with E-state index in [1.165, 1.54) is 12.0 Å². The Labute approximate surface area is 198 Å². The van der Waals surface area contributed by atoms with Crippen LogP contribution in [-0.4, -0.2) is 29.7 Å². The van der Waals surface area contributed by atoms with E-state index in [1.54, 1.807) is 17.5 Å². The second-order valence-electron chi connectivity index (χ2n) is 7.14. The number of pyridine rings is 1. The molecule has 0 saturated carbocycles. The van der Waals surface area contributed by atoms with E-state index >= 15 is 0 Å². The predicted molar refractivity (Wildman–Crippen MR) is 132 cm³/mol. The highest BCUT2D eigenvalue weighted by Gasteiger charge is 2.41. The summed E-state index contributed by atoms with van der Waals surface area (Å²) in [5.41, 5.74) is 3.58. The average Bonchev–Trinajstić information content (AvgIpc) is 3.33. The molecule has 0 aliphatic carbocycles. The third kappa shape index (κ3) is 4.64. The summed E-state index contributed by atoms with van der Waals surface area (Å²) < 4.78 is 5.94. The fourth-order valence-electron chi connectivity index (χ4n) is 3.66. The van der Waals surface area contributed by atoms with Crippen LogP contribution in [0.2, 0.25) is 0 Å². The van der Waals surface area contributed by atoms with Crippen molar-refractivity contribution in [3.63, 3.8) is 0 Å². The topological polar surface area (TPSA) is 66.5 Å². The minimum atomic E-state index is -0.187. The van der Waals surface area contributed by atoms with Crippen LogP contribution in [0.25, 0.3) is 0 Å². The number of ether oxygens (including phenoxy) is 1. The summed E-state index contributed by atoms with van der Waals surface area (Å²) >= 11 is 11.0. The number of nitrogens with one attached hydrogen (secondary N) is 2. The van der Waals surface area contributed by atoms with Gasteiger partial charge < -0.3 is 20.3 Å². The Morgan fingerprint density at radius 2 is 2.19 bits per heavy atom. The van der Waals surface area contributed by atoms with E-state index in [0.717, 1.165) is 27.1 Å². The quantitative estimate of drug-likeness (QED) is 0.450. The number of rotatable bonds is 6. The van der Waals surface area contributed by atoms with Crippen LogP contribution in [0.5, 0.6) is 0 Å². The molecule has 0 spiro atoms.